The van der Waals surface area contributed by atoms with E-state index in [-0.39, 0.29) is 0 Å². The summed E-state index contributed by atoms with van der Waals surface area (Å²) in [6.45, 7) is 7.84. The average molecular weight is 410 g/mol. The Morgan fingerprint density at radius 2 is 2.00 bits per heavy atom. The number of halogens is 1. The Morgan fingerprint density at radius 1 is 1.22 bits per heavy atom. The zero-order valence-electron chi connectivity index (χ0n) is 16.2. The fourth-order valence-electron chi connectivity index (χ4n) is 2.67. The van der Waals surface area contributed by atoms with E-state index in [9.17, 15) is 0 Å². The lowest BCUT2D eigenvalue weighted by molar-refractivity contribution is 0.249. The lowest BCUT2D eigenvalue weighted by Gasteiger charge is -2.18. The molecule has 0 bridgehead atoms. The summed E-state index contributed by atoms with van der Waals surface area (Å²) in [5.74, 6) is 2.49. The number of furan rings is 1. The van der Waals surface area contributed by atoms with Crippen LogP contribution in [-0.4, -0.2) is 30.2 Å². The third kappa shape index (κ3) is 7.05. The molecule has 0 aliphatic rings. The van der Waals surface area contributed by atoms with Gasteiger partial charge in [-0.15, -0.1) is 0 Å². The lowest BCUT2D eigenvalue weighted by atomic mass is 10.3. The number of nitrogens with one attached hydrogen (secondary N) is 2. The van der Waals surface area contributed by atoms with Gasteiger partial charge in [-0.3, -0.25) is 4.90 Å². The molecule has 0 spiro atoms. The Kier molecular flexibility index (Phi) is 8.91. The molecule has 1 heterocycles. The van der Waals surface area contributed by atoms with E-state index in [4.69, 9.17) is 33.0 Å². The van der Waals surface area contributed by atoms with Crippen LogP contribution in [-0.2, 0) is 13.1 Å². The van der Waals surface area contributed by atoms with Gasteiger partial charge in [-0.2, -0.15) is 0 Å². The number of nitrogens with zero attached hydrogens (tertiary/aromatic N) is 1. The van der Waals surface area contributed by atoms with Crippen LogP contribution in [0.2, 0.25) is 5.02 Å². The fraction of sp³-hybridized carbons (Fsp3) is 0.450. The molecule has 0 atom stereocenters. The number of hydrogen-bond donors (Lipinski definition) is 2. The van der Waals surface area contributed by atoms with Gasteiger partial charge in [0.2, 0.25) is 0 Å². The van der Waals surface area contributed by atoms with Gasteiger partial charge in [0.1, 0.15) is 17.3 Å². The van der Waals surface area contributed by atoms with Gasteiger partial charge in [-0.05, 0) is 62.1 Å². The smallest absolute Gasteiger partial charge is 0.171 e. The highest BCUT2D eigenvalue weighted by Crippen LogP contribution is 2.27. The number of benzene rings is 1. The molecule has 2 N–H and O–H groups in total. The van der Waals surface area contributed by atoms with Crippen LogP contribution in [0.5, 0.6) is 5.75 Å². The van der Waals surface area contributed by atoms with Crippen LogP contribution < -0.4 is 15.4 Å². The Labute approximate surface area is 172 Å². The molecule has 1 aromatic heterocycles. The zero-order chi connectivity index (χ0) is 19.6. The second-order valence-corrected chi connectivity index (χ2v) is 7.09. The lowest BCUT2D eigenvalue weighted by Crippen LogP contribution is -2.28. The van der Waals surface area contributed by atoms with E-state index >= 15 is 0 Å². The van der Waals surface area contributed by atoms with Crippen molar-refractivity contribution in [1.82, 2.24) is 10.2 Å². The maximum Gasteiger partial charge on any atom is 0.171 e. The van der Waals surface area contributed by atoms with E-state index < -0.39 is 0 Å². The normalized spacial score (nSPS) is 10.9. The number of thiocarbonyl (C=S) groups is 1. The minimum Gasteiger partial charge on any atom is -0.495 e. The molecule has 2 rings (SSSR count). The van der Waals surface area contributed by atoms with E-state index in [0.717, 1.165) is 36.8 Å². The van der Waals surface area contributed by atoms with E-state index in [1.165, 1.54) is 12.8 Å². The summed E-state index contributed by atoms with van der Waals surface area (Å²) in [6, 6.07) is 9.35. The summed E-state index contributed by atoms with van der Waals surface area (Å²) in [7, 11) is 1.61. The van der Waals surface area contributed by atoms with Crippen molar-refractivity contribution in [1.29, 1.82) is 0 Å². The van der Waals surface area contributed by atoms with Gasteiger partial charge in [-0.1, -0.05) is 31.9 Å². The monoisotopic (exact) mass is 409 g/mol. The summed E-state index contributed by atoms with van der Waals surface area (Å²) in [6.07, 6.45) is 2.40. The highest BCUT2D eigenvalue weighted by molar-refractivity contribution is 7.80. The topological polar surface area (TPSA) is 49.7 Å². The van der Waals surface area contributed by atoms with Gasteiger partial charge in [0.15, 0.2) is 5.11 Å². The minimum absolute atomic E-state index is 0.478. The fourth-order valence-corrected chi connectivity index (χ4v) is 3.02. The van der Waals surface area contributed by atoms with E-state index in [2.05, 4.69) is 29.4 Å². The Bertz CT molecular complexity index is 736. The molecule has 1 aromatic carbocycles. The molecule has 0 saturated heterocycles. The standard InChI is InChI=1S/C20H28ClN3O2S/c1-4-6-11-24(5-2)14-17-9-8-16(26-17)13-22-20(27)23-18-12-15(21)7-10-19(18)25-3/h7-10,12H,4-6,11,13-14H2,1-3H3,(H2,22,23,27). The number of methoxy groups -OCH3 is 1. The molecule has 0 saturated carbocycles. The number of anilines is 1. The number of hydrogen-bond acceptors (Lipinski definition) is 4. The number of rotatable bonds is 10. The number of unbranched alkanes of at least 4 members (excludes halogenated alkanes) is 1. The van der Waals surface area contributed by atoms with Crippen LogP contribution in [0.25, 0.3) is 0 Å². The van der Waals surface area contributed by atoms with Crippen LogP contribution in [0.4, 0.5) is 5.69 Å². The maximum absolute atomic E-state index is 6.04. The SMILES string of the molecule is CCCCN(CC)Cc1ccc(CNC(=S)Nc2cc(Cl)ccc2OC)o1. The van der Waals surface area contributed by atoms with Crippen molar-refractivity contribution in [2.45, 2.75) is 39.8 Å². The van der Waals surface area contributed by atoms with Gasteiger partial charge in [-0.25, -0.2) is 0 Å². The van der Waals surface area contributed by atoms with Crippen molar-refractivity contribution in [3.05, 3.63) is 46.9 Å². The van der Waals surface area contributed by atoms with Gasteiger partial charge >= 0.3 is 0 Å². The molecule has 7 heteroatoms. The summed E-state index contributed by atoms with van der Waals surface area (Å²) < 4.78 is 11.2. The molecule has 27 heavy (non-hydrogen) atoms. The third-order valence-electron chi connectivity index (χ3n) is 4.20. The van der Waals surface area contributed by atoms with Crippen LogP contribution in [0.3, 0.4) is 0 Å². The van der Waals surface area contributed by atoms with Crippen molar-refractivity contribution >= 4 is 34.6 Å². The molecule has 0 fully saturated rings. The zero-order valence-corrected chi connectivity index (χ0v) is 17.8. The highest BCUT2D eigenvalue weighted by atomic mass is 35.5. The van der Waals surface area contributed by atoms with Gasteiger partial charge in [0.05, 0.1) is 25.9 Å². The van der Waals surface area contributed by atoms with E-state index in [1.807, 2.05) is 12.1 Å². The Balaban J connectivity index is 1.85. The summed E-state index contributed by atoms with van der Waals surface area (Å²) in [5.41, 5.74) is 0.720. The molecule has 0 unspecified atom stereocenters. The quantitative estimate of drug-likeness (QED) is 0.535. The molecule has 0 aliphatic carbocycles. The largest absolute Gasteiger partial charge is 0.495 e. The van der Waals surface area contributed by atoms with Gasteiger partial charge in [0, 0.05) is 5.02 Å². The first-order valence-corrected chi connectivity index (χ1v) is 10.0. The van der Waals surface area contributed by atoms with Crippen LogP contribution in [0.15, 0.2) is 34.7 Å². The first-order chi connectivity index (χ1) is 13.0. The molecule has 148 valence electrons. The minimum atomic E-state index is 0.478. The molecule has 0 amide bonds. The maximum atomic E-state index is 6.04. The van der Waals surface area contributed by atoms with Gasteiger partial charge in [0.25, 0.3) is 0 Å². The van der Waals surface area contributed by atoms with Crippen molar-refractivity contribution in [2.24, 2.45) is 0 Å². The summed E-state index contributed by atoms with van der Waals surface area (Å²) >= 11 is 11.4. The van der Waals surface area contributed by atoms with Crippen molar-refractivity contribution in [3.63, 3.8) is 0 Å². The molecule has 5 nitrogen and oxygen atoms in total. The summed E-state index contributed by atoms with van der Waals surface area (Å²) in [4.78, 5) is 2.39. The number of ether oxygens (including phenoxy) is 1. The second-order valence-electron chi connectivity index (χ2n) is 6.24. The van der Waals surface area contributed by atoms with Crippen LogP contribution in [0.1, 0.15) is 38.2 Å². The second kappa shape index (κ2) is 11.2. The molecular formula is C20H28ClN3O2S. The first kappa shape index (κ1) is 21.5. The van der Waals surface area contributed by atoms with Crippen molar-refractivity contribution in [3.8, 4) is 5.75 Å². The molecule has 0 aliphatic heterocycles. The average Bonchev–Trinajstić information content (AvgIpc) is 3.11. The van der Waals surface area contributed by atoms with Crippen LogP contribution >= 0.6 is 23.8 Å². The molecule has 2 aromatic rings. The molecule has 0 radical (unpaired) electrons. The highest BCUT2D eigenvalue weighted by Gasteiger charge is 2.09. The summed E-state index contributed by atoms with van der Waals surface area (Å²) in [5, 5.41) is 7.34. The predicted octanol–water partition coefficient (Wildman–Crippen LogP) is 5.05. The van der Waals surface area contributed by atoms with Gasteiger partial charge < -0.3 is 19.8 Å². The van der Waals surface area contributed by atoms with E-state index in [1.54, 1.807) is 25.3 Å². The first-order valence-electron chi connectivity index (χ1n) is 9.24. The van der Waals surface area contributed by atoms with E-state index in [0.29, 0.717) is 22.4 Å². The van der Waals surface area contributed by atoms with Crippen molar-refractivity contribution < 1.29 is 9.15 Å². The Morgan fingerprint density at radius 3 is 2.70 bits per heavy atom. The third-order valence-corrected chi connectivity index (χ3v) is 4.69. The predicted molar refractivity (Wildman–Crippen MR) is 116 cm³/mol. The molecular weight excluding hydrogens is 382 g/mol. The van der Waals surface area contributed by atoms with Crippen molar-refractivity contribution in [2.75, 3.05) is 25.5 Å². The van der Waals surface area contributed by atoms with Crippen LogP contribution in [0, 0.1) is 0 Å². The Hall–Kier alpha value is -1.76.